The molecule has 0 amide bonds. The fraction of sp³-hybridized carbons (Fsp3) is 0.516. The van der Waals surface area contributed by atoms with Crippen LogP contribution in [0.3, 0.4) is 0 Å². The molecule has 3 aromatic rings. The molecule has 0 radical (unpaired) electrons. The molecule has 15 heteroatoms. The molecule has 2 aromatic carbocycles. The van der Waals surface area contributed by atoms with Crippen LogP contribution in [0.1, 0.15) is 12.5 Å². The zero-order valence-corrected chi connectivity index (χ0v) is 25.7. The van der Waals surface area contributed by atoms with Crippen LogP contribution >= 0.6 is 0 Å². The predicted molar refractivity (Wildman–Crippen MR) is 158 cm³/mol. The highest BCUT2D eigenvalue weighted by Gasteiger charge is 2.51. The SMILES string of the molecule is COc1ccc(-c2coc3c(C)c(OC)cc(O[C@@H]4OC(CO)[C@@H](O)[C@H](O)C4O[C@@H]4OC(C)[C@H](O)[C@H](O)C4O)c3c2=O)cc1OC. The molecule has 0 spiro atoms. The third-order valence-electron chi connectivity index (χ3n) is 8.29. The predicted octanol–water partition coefficient (Wildman–Crippen LogP) is -0.175. The summed E-state index contributed by atoms with van der Waals surface area (Å²) in [6, 6.07) is 6.29. The maximum atomic E-state index is 14.1. The molecular formula is C31H38O15. The van der Waals surface area contributed by atoms with Gasteiger partial charge in [0.2, 0.25) is 11.7 Å². The Morgan fingerprint density at radius 3 is 2.13 bits per heavy atom. The molecular weight excluding hydrogens is 612 g/mol. The van der Waals surface area contributed by atoms with E-state index in [1.165, 1.54) is 40.6 Å². The highest BCUT2D eigenvalue weighted by Crippen LogP contribution is 2.39. The molecule has 10 atom stereocenters. The summed E-state index contributed by atoms with van der Waals surface area (Å²) in [5, 5.41) is 62.5. The molecule has 4 unspecified atom stereocenters. The first-order valence-electron chi connectivity index (χ1n) is 14.4. The lowest BCUT2D eigenvalue weighted by Gasteiger charge is -2.45. The number of aliphatic hydroxyl groups is 6. The maximum absolute atomic E-state index is 14.1. The van der Waals surface area contributed by atoms with Crippen molar-refractivity contribution in [2.24, 2.45) is 0 Å². The number of aliphatic hydroxyl groups excluding tert-OH is 6. The lowest BCUT2D eigenvalue weighted by Crippen LogP contribution is -2.64. The Kier molecular flexibility index (Phi) is 10.1. The Bertz CT molecular complexity index is 1590. The molecule has 0 aliphatic carbocycles. The molecule has 2 saturated heterocycles. The Balaban J connectivity index is 1.60. The molecule has 46 heavy (non-hydrogen) atoms. The highest BCUT2D eigenvalue weighted by molar-refractivity contribution is 5.91. The third kappa shape index (κ3) is 6.01. The number of hydrogen-bond donors (Lipinski definition) is 6. The third-order valence-corrected chi connectivity index (χ3v) is 8.29. The van der Waals surface area contributed by atoms with Gasteiger partial charge in [0.15, 0.2) is 23.9 Å². The van der Waals surface area contributed by atoms with Gasteiger partial charge in [0.05, 0.1) is 39.6 Å². The number of ether oxygens (including phenoxy) is 7. The molecule has 2 aliphatic heterocycles. The van der Waals surface area contributed by atoms with E-state index in [4.69, 9.17) is 37.6 Å². The number of hydrogen-bond acceptors (Lipinski definition) is 15. The van der Waals surface area contributed by atoms with Crippen LogP contribution in [-0.4, -0.2) is 120 Å². The maximum Gasteiger partial charge on any atom is 0.229 e. The van der Waals surface area contributed by atoms with Gasteiger partial charge >= 0.3 is 0 Å². The van der Waals surface area contributed by atoms with E-state index in [9.17, 15) is 35.4 Å². The molecule has 252 valence electrons. The number of methoxy groups -OCH3 is 3. The van der Waals surface area contributed by atoms with E-state index in [1.807, 2.05) is 0 Å². The molecule has 3 heterocycles. The summed E-state index contributed by atoms with van der Waals surface area (Å²) in [7, 11) is 4.35. The summed E-state index contributed by atoms with van der Waals surface area (Å²) < 4.78 is 45.4. The second-order valence-corrected chi connectivity index (χ2v) is 11.1. The van der Waals surface area contributed by atoms with Crippen molar-refractivity contribution in [3.8, 4) is 34.1 Å². The van der Waals surface area contributed by atoms with E-state index in [0.717, 1.165) is 0 Å². The molecule has 2 aliphatic rings. The van der Waals surface area contributed by atoms with Crippen molar-refractivity contribution in [1.82, 2.24) is 0 Å². The first-order chi connectivity index (χ1) is 21.9. The zero-order valence-electron chi connectivity index (χ0n) is 25.7. The first-order valence-corrected chi connectivity index (χ1v) is 14.4. The molecule has 1 aromatic heterocycles. The largest absolute Gasteiger partial charge is 0.496 e. The van der Waals surface area contributed by atoms with E-state index in [2.05, 4.69) is 0 Å². The second kappa shape index (κ2) is 13.7. The van der Waals surface area contributed by atoms with E-state index < -0.39 is 73.4 Å². The Morgan fingerprint density at radius 2 is 1.48 bits per heavy atom. The monoisotopic (exact) mass is 650 g/mol. The van der Waals surface area contributed by atoms with E-state index >= 15 is 0 Å². The van der Waals surface area contributed by atoms with Crippen molar-refractivity contribution in [2.45, 2.75) is 75.3 Å². The van der Waals surface area contributed by atoms with Crippen LogP contribution in [0.15, 0.2) is 39.7 Å². The summed E-state index contributed by atoms with van der Waals surface area (Å²) in [6.45, 7) is 2.39. The number of rotatable bonds is 9. The lowest BCUT2D eigenvalue weighted by molar-refractivity contribution is -0.354. The van der Waals surface area contributed by atoms with Gasteiger partial charge in [0, 0.05) is 11.6 Å². The fourth-order valence-corrected chi connectivity index (χ4v) is 5.59. The first kappa shape index (κ1) is 33.8. The van der Waals surface area contributed by atoms with Crippen molar-refractivity contribution in [3.05, 3.63) is 46.3 Å². The van der Waals surface area contributed by atoms with Crippen molar-refractivity contribution in [2.75, 3.05) is 27.9 Å². The Hall–Kier alpha value is -3.51. The molecule has 5 rings (SSSR count). The molecule has 2 fully saturated rings. The van der Waals surface area contributed by atoms with Crippen LogP contribution in [0.5, 0.6) is 23.0 Å². The smallest absolute Gasteiger partial charge is 0.229 e. The molecule has 15 nitrogen and oxygen atoms in total. The van der Waals surface area contributed by atoms with Crippen LogP contribution < -0.4 is 24.4 Å². The van der Waals surface area contributed by atoms with Gasteiger partial charge in [-0.3, -0.25) is 4.79 Å². The Morgan fingerprint density at radius 1 is 0.783 bits per heavy atom. The van der Waals surface area contributed by atoms with Gasteiger partial charge in [-0.25, -0.2) is 0 Å². The average Bonchev–Trinajstić information content (AvgIpc) is 3.06. The van der Waals surface area contributed by atoms with Gasteiger partial charge < -0.3 is 68.2 Å². The summed E-state index contributed by atoms with van der Waals surface area (Å²) in [4.78, 5) is 14.1. The van der Waals surface area contributed by atoms with Gasteiger partial charge in [-0.1, -0.05) is 6.07 Å². The summed E-state index contributed by atoms with van der Waals surface area (Å²) in [5.74, 6) is 0.971. The van der Waals surface area contributed by atoms with Gasteiger partial charge in [-0.15, -0.1) is 0 Å². The van der Waals surface area contributed by atoms with E-state index in [0.29, 0.717) is 22.6 Å². The minimum Gasteiger partial charge on any atom is -0.496 e. The van der Waals surface area contributed by atoms with E-state index in [1.54, 1.807) is 25.1 Å². The minimum absolute atomic E-state index is 0.0322. The van der Waals surface area contributed by atoms with Crippen molar-refractivity contribution in [3.63, 3.8) is 0 Å². The average molecular weight is 651 g/mol. The fourth-order valence-electron chi connectivity index (χ4n) is 5.59. The minimum atomic E-state index is -1.77. The molecule has 0 saturated carbocycles. The normalized spacial score (nSPS) is 31.5. The Labute approximate surface area is 263 Å². The number of benzene rings is 2. The topological polar surface area (TPSA) is 216 Å². The number of aryl methyl sites for hydroxylation is 1. The van der Waals surface area contributed by atoms with Crippen LogP contribution in [-0.2, 0) is 14.2 Å². The van der Waals surface area contributed by atoms with Crippen LogP contribution in [0.25, 0.3) is 22.1 Å². The highest BCUT2D eigenvalue weighted by atomic mass is 16.8. The summed E-state index contributed by atoms with van der Waals surface area (Å²) in [5.41, 5.74) is 0.665. The molecule has 6 N–H and O–H groups in total. The molecule has 0 bridgehead atoms. The summed E-state index contributed by atoms with van der Waals surface area (Å²) >= 11 is 0. The zero-order chi connectivity index (χ0) is 33.4. The van der Waals surface area contributed by atoms with Crippen molar-refractivity contribution >= 4 is 11.0 Å². The van der Waals surface area contributed by atoms with Crippen LogP contribution in [0.2, 0.25) is 0 Å². The summed E-state index contributed by atoms with van der Waals surface area (Å²) in [6.07, 6.45) is -14.2. The standard InChI is InChI=1S/C31H38O15/c1-12-17(40-4)9-19(21-23(34)15(11-42-28(12)21)14-6-7-16(39-3)18(8-14)41-5)44-31-29(26(37)24(35)20(10-32)45-31)46-30-27(38)25(36)22(33)13(2)43-30/h6-9,11,13,20,22,24-27,29-33,35-38H,10H2,1-5H3/t13?,20?,22-,24+,25-,26-,27?,29?,30-,31+/m0/s1. The van der Waals surface area contributed by atoms with Gasteiger partial charge in [0.25, 0.3) is 0 Å². The van der Waals surface area contributed by atoms with E-state index in [-0.39, 0.29) is 28.0 Å². The quantitative estimate of drug-likeness (QED) is 0.177. The van der Waals surface area contributed by atoms with Crippen molar-refractivity contribution in [1.29, 1.82) is 0 Å². The van der Waals surface area contributed by atoms with Gasteiger partial charge in [0.1, 0.15) is 65.4 Å². The van der Waals surface area contributed by atoms with Crippen LogP contribution in [0, 0.1) is 6.92 Å². The van der Waals surface area contributed by atoms with Crippen molar-refractivity contribution < 1.29 is 68.2 Å². The van der Waals surface area contributed by atoms with Gasteiger partial charge in [-0.2, -0.15) is 0 Å². The lowest BCUT2D eigenvalue weighted by atomic mass is 9.97. The number of fused-ring (bicyclic) bond motifs is 1. The van der Waals surface area contributed by atoms with Crippen LogP contribution in [0.4, 0.5) is 0 Å². The van der Waals surface area contributed by atoms with Gasteiger partial charge in [-0.05, 0) is 31.5 Å². The second-order valence-electron chi connectivity index (χ2n) is 11.1.